The summed E-state index contributed by atoms with van der Waals surface area (Å²) in [6.07, 6.45) is -0.149. The second kappa shape index (κ2) is 6.92. The molecule has 0 aliphatic rings. The SMILES string of the molecule is CC(C)NC(=O)CC(=O)Nc1ccc(C(C)C)cc1. The van der Waals surface area contributed by atoms with Crippen LogP contribution in [0.5, 0.6) is 0 Å². The normalized spacial score (nSPS) is 10.6. The summed E-state index contributed by atoms with van der Waals surface area (Å²) in [5.41, 5.74) is 1.93. The molecule has 0 aromatic heterocycles. The van der Waals surface area contributed by atoms with E-state index in [1.165, 1.54) is 5.56 Å². The number of benzene rings is 1. The number of hydrogen-bond donors (Lipinski definition) is 2. The summed E-state index contributed by atoms with van der Waals surface area (Å²) in [6.45, 7) is 7.95. The Bertz CT molecular complexity index is 436. The van der Waals surface area contributed by atoms with E-state index in [4.69, 9.17) is 0 Å². The van der Waals surface area contributed by atoms with E-state index in [0.717, 1.165) is 0 Å². The second-order valence-electron chi connectivity index (χ2n) is 5.22. The number of hydrogen-bond acceptors (Lipinski definition) is 2. The van der Waals surface area contributed by atoms with Crippen LogP contribution in [-0.2, 0) is 9.59 Å². The van der Waals surface area contributed by atoms with Gasteiger partial charge in [0, 0.05) is 11.7 Å². The molecular formula is C15H22N2O2. The van der Waals surface area contributed by atoms with Gasteiger partial charge in [-0.1, -0.05) is 26.0 Å². The van der Waals surface area contributed by atoms with Crippen LogP contribution >= 0.6 is 0 Å². The van der Waals surface area contributed by atoms with Gasteiger partial charge in [0.15, 0.2) is 0 Å². The van der Waals surface area contributed by atoms with Crippen molar-refractivity contribution < 1.29 is 9.59 Å². The Morgan fingerprint density at radius 2 is 1.58 bits per heavy atom. The zero-order valence-corrected chi connectivity index (χ0v) is 12.0. The van der Waals surface area contributed by atoms with E-state index < -0.39 is 0 Å². The maximum Gasteiger partial charge on any atom is 0.233 e. The van der Waals surface area contributed by atoms with Crippen LogP contribution in [0, 0.1) is 0 Å². The first-order valence-corrected chi connectivity index (χ1v) is 6.57. The van der Waals surface area contributed by atoms with Crippen LogP contribution in [0.1, 0.15) is 45.6 Å². The molecule has 0 atom stereocenters. The molecule has 1 aromatic carbocycles. The van der Waals surface area contributed by atoms with Crippen LogP contribution in [0.2, 0.25) is 0 Å². The van der Waals surface area contributed by atoms with Gasteiger partial charge in [0.2, 0.25) is 11.8 Å². The smallest absolute Gasteiger partial charge is 0.233 e. The molecule has 1 rings (SSSR count). The molecule has 0 saturated carbocycles. The predicted molar refractivity (Wildman–Crippen MR) is 77.1 cm³/mol. The van der Waals surface area contributed by atoms with Crippen molar-refractivity contribution in [1.82, 2.24) is 5.32 Å². The highest BCUT2D eigenvalue weighted by Crippen LogP contribution is 2.17. The lowest BCUT2D eigenvalue weighted by molar-refractivity contribution is -0.127. The molecule has 4 nitrogen and oxygen atoms in total. The fourth-order valence-corrected chi connectivity index (χ4v) is 1.68. The molecular weight excluding hydrogens is 240 g/mol. The first kappa shape index (κ1) is 15.2. The number of carbonyl (C=O) groups excluding carboxylic acids is 2. The Morgan fingerprint density at radius 1 is 1.00 bits per heavy atom. The number of amides is 2. The Morgan fingerprint density at radius 3 is 2.05 bits per heavy atom. The van der Waals surface area contributed by atoms with Crippen molar-refractivity contribution in [3.63, 3.8) is 0 Å². The van der Waals surface area contributed by atoms with Crippen LogP contribution in [0.4, 0.5) is 5.69 Å². The van der Waals surface area contributed by atoms with E-state index in [1.807, 2.05) is 38.1 Å². The molecule has 2 N–H and O–H groups in total. The zero-order chi connectivity index (χ0) is 14.4. The second-order valence-corrected chi connectivity index (χ2v) is 5.22. The van der Waals surface area contributed by atoms with Gasteiger partial charge < -0.3 is 10.6 Å². The van der Waals surface area contributed by atoms with Gasteiger partial charge in [-0.05, 0) is 37.5 Å². The molecule has 0 aliphatic carbocycles. The molecule has 2 amide bonds. The Balaban J connectivity index is 2.50. The van der Waals surface area contributed by atoms with Crippen LogP contribution in [0.15, 0.2) is 24.3 Å². The van der Waals surface area contributed by atoms with E-state index >= 15 is 0 Å². The average Bonchev–Trinajstić information content (AvgIpc) is 2.27. The van der Waals surface area contributed by atoms with Crippen molar-refractivity contribution in [1.29, 1.82) is 0 Å². The molecule has 104 valence electrons. The lowest BCUT2D eigenvalue weighted by Crippen LogP contribution is -2.33. The molecule has 1 aromatic rings. The van der Waals surface area contributed by atoms with E-state index in [0.29, 0.717) is 11.6 Å². The zero-order valence-electron chi connectivity index (χ0n) is 12.0. The van der Waals surface area contributed by atoms with Gasteiger partial charge in [-0.15, -0.1) is 0 Å². The quantitative estimate of drug-likeness (QED) is 0.801. The van der Waals surface area contributed by atoms with E-state index in [2.05, 4.69) is 24.5 Å². The van der Waals surface area contributed by atoms with Crippen molar-refractivity contribution in [2.75, 3.05) is 5.32 Å². The van der Waals surface area contributed by atoms with Crippen LogP contribution in [0.3, 0.4) is 0 Å². The van der Waals surface area contributed by atoms with Gasteiger partial charge in [-0.2, -0.15) is 0 Å². The van der Waals surface area contributed by atoms with Gasteiger partial charge in [-0.25, -0.2) is 0 Å². The molecule has 0 unspecified atom stereocenters. The molecule has 0 saturated heterocycles. The number of rotatable bonds is 5. The van der Waals surface area contributed by atoms with Gasteiger partial charge in [0.05, 0.1) is 0 Å². The summed E-state index contributed by atoms with van der Waals surface area (Å²) in [4.78, 5) is 23.1. The largest absolute Gasteiger partial charge is 0.353 e. The minimum atomic E-state index is -0.296. The Kier molecular flexibility index (Phi) is 5.55. The summed E-state index contributed by atoms with van der Waals surface area (Å²) >= 11 is 0. The highest BCUT2D eigenvalue weighted by atomic mass is 16.2. The van der Waals surface area contributed by atoms with Crippen LogP contribution in [-0.4, -0.2) is 17.9 Å². The summed E-state index contributed by atoms with van der Waals surface area (Å²) in [6, 6.07) is 7.72. The molecule has 0 heterocycles. The van der Waals surface area contributed by atoms with Crippen LogP contribution < -0.4 is 10.6 Å². The fraction of sp³-hybridized carbons (Fsp3) is 0.467. The van der Waals surface area contributed by atoms with E-state index in [-0.39, 0.29) is 24.3 Å². The van der Waals surface area contributed by atoms with Gasteiger partial charge in [0.25, 0.3) is 0 Å². The summed E-state index contributed by atoms with van der Waals surface area (Å²) in [7, 11) is 0. The maximum atomic E-state index is 11.7. The number of anilines is 1. The first-order chi connectivity index (χ1) is 8.88. The third-order valence-electron chi connectivity index (χ3n) is 2.63. The van der Waals surface area contributed by atoms with Crippen molar-refractivity contribution in [3.05, 3.63) is 29.8 Å². The molecule has 19 heavy (non-hydrogen) atoms. The summed E-state index contributed by atoms with van der Waals surface area (Å²) in [5.74, 6) is -0.0941. The van der Waals surface area contributed by atoms with Gasteiger partial charge >= 0.3 is 0 Å². The molecule has 0 fully saturated rings. The monoisotopic (exact) mass is 262 g/mol. The standard InChI is InChI=1S/C15H22N2O2/c1-10(2)12-5-7-13(8-6-12)17-15(19)9-14(18)16-11(3)4/h5-8,10-11H,9H2,1-4H3,(H,16,18)(H,17,19). The molecule has 0 spiro atoms. The third-order valence-corrected chi connectivity index (χ3v) is 2.63. The lowest BCUT2D eigenvalue weighted by atomic mass is 10.0. The number of carbonyl (C=O) groups is 2. The van der Waals surface area contributed by atoms with E-state index in [1.54, 1.807) is 0 Å². The lowest BCUT2D eigenvalue weighted by Gasteiger charge is -2.10. The van der Waals surface area contributed by atoms with Crippen molar-refractivity contribution >= 4 is 17.5 Å². The highest BCUT2D eigenvalue weighted by Gasteiger charge is 2.10. The summed E-state index contributed by atoms with van der Waals surface area (Å²) < 4.78 is 0. The van der Waals surface area contributed by atoms with Crippen molar-refractivity contribution in [2.24, 2.45) is 0 Å². The fourth-order valence-electron chi connectivity index (χ4n) is 1.68. The highest BCUT2D eigenvalue weighted by molar-refractivity contribution is 6.03. The van der Waals surface area contributed by atoms with Crippen molar-refractivity contribution in [2.45, 2.75) is 46.1 Å². The minimum absolute atomic E-state index is 0.0469. The topological polar surface area (TPSA) is 58.2 Å². The summed E-state index contributed by atoms with van der Waals surface area (Å²) in [5, 5.41) is 5.40. The van der Waals surface area contributed by atoms with Crippen molar-refractivity contribution in [3.8, 4) is 0 Å². The van der Waals surface area contributed by atoms with E-state index in [9.17, 15) is 9.59 Å². The Labute approximate surface area is 114 Å². The van der Waals surface area contributed by atoms with Crippen LogP contribution in [0.25, 0.3) is 0 Å². The molecule has 4 heteroatoms. The van der Waals surface area contributed by atoms with Gasteiger partial charge in [-0.3, -0.25) is 9.59 Å². The molecule has 0 aliphatic heterocycles. The Hall–Kier alpha value is -1.84. The average molecular weight is 262 g/mol. The minimum Gasteiger partial charge on any atom is -0.353 e. The molecule has 0 radical (unpaired) electrons. The predicted octanol–water partition coefficient (Wildman–Crippen LogP) is 2.66. The first-order valence-electron chi connectivity index (χ1n) is 6.57. The van der Waals surface area contributed by atoms with Gasteiger partial charge in [0.1, 0.15) is 6.42 Å². The maximum absolute atomic E-state index is 11.7. The third kappa shape index (κ3) is 5.55. The number of nitrogens with one attached hydrogen (secondary N) is 2. The molecule has 0 bridgehead atoms.